The van der Waals surface area contributed by atoms with Gasteiger partial charge in [0.15, 0.2) is 0 Å². The van der Waals surface area contributed by atoms with Gasteiger partial charge in [-0.15, -0.1) is 0 Å². The average molecular weight is 492 g/mol. The number of hydrogen-bond acceptors (Lipinski definition) is 8. The van der Waals surface area contributed by atoms with Gasteiger partial charge in [0.25, 0.3) is 0 Å². The Morgan fingerprint density at radius 1 is 0.818 bits per heavy atom. The molecule has 0 aliphatic heterocycles. The zero-order valence-electron chi connectivity index (χ0n) is 18.6. The summed E-state index contributed by atoms with van der Waals surface area (Å²) in [6, 6.07) is -5.01. The lowest BCUT2D eigenvalue weighted by molar-refractivity contribution is -0.143. The van der Waals surface area contributed by atoms with E-state index in [0.717, 1.165) is 0 Å². The normalized spacial score (nSPS) is 14.5. The molecule has 33 heavy (non-hydrogen) atoms. The van der Waals surface area contributed by atoms with Gasteiger partial charge in [0.2, 0.25) is 23.6 Å². The summed E-state index contributed by atoms with van der Waals surface area (Å²) in [6.07, 6.45) is -1.19. The molecule has 0 rings (SSSR count). The highest BCUT2D eigenvalue weighted by molar-refractivity contribution is 7.80. The van der Waals surface area contributed by atoms with Gasteiger partial charge in [0, 0.05) is 18.6 Å². The summed E-state index contributed by atoms with van der Waals surface area (Å²) in [5.74, 6) is -5.87. The van der Waals surface area contributed by atoms with Crippen molar-refractivity contribution >= 4 is 48.2 Å². The fourth-order valence-electron chi connectivity index (χ4n) is 2.69. The minimum Gasteiger partial charge on any atom is -0.481 e. The molecule has 0 radical (unpaired) electrons. The van der Waals surface area contributed by atoms with E-state index in [1.165, 1.54) is 0 Å². The lowest BCUT2D eigenvalue weighted by atomic mass is 10.0. The van der Waals surface area contributed by atoms with Gasteiger partial charge in [-0.3, -0.25) is 24.0 Å². The Labute approximate surface area is 196 Å². The van der Waals surface area contributed by atoms with Crippen molar-refractivity contribution in [3.63, 3.8) is 0 Å². The van der Waals surface area contributed by atoms with Crippen molar-refractivity contribution in [2.24, 2.45) is 17.4 Å². The summed E-state index contributed by atoms with van der Waals surface area (Å²) in [6.45, 7) is 3.53. The van der Waals surface area contributed by atoms with Gasteiger partial charge in [-0.05, 0) is 25.2 Å². The Bertz CT molecular complexity index is 733. The van der Waals surface area contributed by atoms with E-state index >= 15 is 0 Å². The third-order valence-electron chi connectivity index (χ3n) is 4.45. The summed E-state index contributed by atoms with van der Waals surface area (Å²) >= 11 is 3.89. The Kier molecular flexibility index (Phi) is 13.7. The van der Waals surface area contributed by atoms with Crippen molar-refractivity contribution in [3.05, 3.63) is 0 Å². The number of nitrogens with two attached hydrogens (primary N) is 2. The second-order valence-electron chi connectivity index (χ2n) is 7.88. The second-order valence-corrected chi connectivity index (χ2v) is 8.24. The van der Waals surface area contributed by atoms with E-state index in [2.05, 4.69) is 28.6 Å². The maximum Gasteiger partial charge on any atom is 0.326 e. The van der Waals surface area contributed by atoms with Crippen LogP contribution in [0.3, 0.4) is 0 Å². The van der Waals surface area contributed by atoms with Gasteiger partial charge in [-0.2, -0.15) is 12.6 Å². The Balaban J connectivity index is 5.58. The number of aliphatic carboxylic acids is 2. The number of amides is 4. The highest BCUT2D eigenvalue weighted by atomic mass is 32.1. The molecular weight excluding hydrogens is 458 g/mol. The molecule has 14 heteroatoms. The highest BCUT2D eigenvalue weighted by Crippen LogP contribution is 2.08. The minimum absolute atomic E-state index is 0.0326. The molecule has 13 nitrogen and oxygen atoms in total. The van der Waals surface area contributed by atoms with Crippen LogP contribution < -0.4 is 27.4 Å². The van der Waals surface area contributed by atoms with Crippen molar-refractivity contribution < 1.29 is 39.0 Å². The summed E-state index contributed by atoms with van der Waals surface area (Å²) in [5, 5.41) is 25.2. The molecule has 188 valence electrons. The molecule has 9 N–H and O–H groups in total. The van der Waals surface area contributed by atoms with Crippen molar-refractivity contribution in [1.82, 2.24) is 16.0 Å². The van der Waals surface area contributed by atoms with Crippen LogP contribution in [0.4, 0.5) is 0 Å². The summed E-state index contributed by atoms with van der Waals surface area (Å²) < 4.78 is 0. The number of rotatable bonds is 16. The van der Waals surface area contributed by atoms with Gasteiger partial charge in [0.1, 0.15) is 18.1 Å². The van der Waals surface area contributed by atoms with E-state index in [0.29, 0.717) is 0 Å². The summed E-state index contributed by atoms with van der Waals surface area (Å²) in [7, 11) is 0. The molecule has 0 aliphatic rings. The quantitative estimate of drug-likeness (QED) is 0.111. The molecule has 0 spiro atoms. The van der Waals surface area contributed by atoms with E-state index in [1.54, 1.807) is 13.8 Å². The third-order valence-corrected chi connectivity index (χ3v) is 4.84. The Morgan fingerprint density at radius 3 is 1.67 bits per heavy atom. The molecule has 4 atom stereocenters. The number of thiol groups is 1. The fraction of sp³-hybridized carbons (Fsp3) is 0.684. The maximum atomic E-state index is 12.8. The molecule has 0 aromatic heterocycles. The van der Waals surface area contributed by atoms with E-state index in [1.807, 2.05) is 0 Å². The molecule has 0 aromatic carbocycles. The first-order valence-electron chi connectivity index (χ1n) is 10.3. The fourth-order valence-corrected chi connectivity index (χ4v) is 2.86. The van der Waals surface area contributed by atoms with Crippen LogP contribution in [0.2, 0.25) is 0 Å². The smallest absolute Gasteiger partial charge is 0.326 e. The van der Waals surface area contributed by atoms with E-state index in [9.17, 15) is 33.9 Å². The van der Waals surface area contributed by atoms with E-state index in [4.69, 9.17) is 16.6 Å². The van der Waals surface area contributed by atoms with Crippen LogP contribution in [0, 0.1) is 5.92 Å². The molecule has 0 heterocycles. The molecule has 0 fully saturated rings. The molecule has 0 aromatic rings. The minimum atomic E-state index is -1.36. The first-order valence-corrected chi connectivity index (χ1v) is 10.9. The first-order chi connectivity index (χ1) is 15.3. The van der Waals surface area contributed by atoms with Crippen LogP contribution in [0.25, 0.3) is 0 Å². The Morgan fingerprint density at radius 2 is 1.27 bits per heavy atom. The molecule has 4 unspecified atom stereocenters. The second kappa shape index (κ2) is 15.1. The standard InChI is InChI=1S/C19H33N5O8S/c1-9(2)7-13(19(31)32)24-18(30)11(3-5-14(21)25)23-17(29)12(4-6-15(26)27)22-16(28)10(20)8-33/h9-13,33H,3-8,20H2,1-2H3,(H2,21,25)(H,22,28)(H,23,29)(H,24,30)(H,26,27)(H,31,32). The maximum absolute atomic E-state index is 12.8. The Hall–Kier alpha value is -2.87. The van der Waals surface area contributed by atoms with Crippen molar-refractivity contribution in [1.29, 1.82) is 0 Å². The monoisotopic (exact) mass is 491 g/mol. The number of carboxylic acid groups (broad SMARTS) is 2. The summed E-state index contributed by atoms with van der Waals surface area (Å²) in [5.41, 5.74) is 10.7. The summed E-state index contributed by atoms with van der Waals surface area (Å²) in [4.78, 5) is 71.1. The van der Waals surface area contributed by atoms with Gasteiger partial charge < -0.3 is 37.6 Å². The molecule has 0 aliphatic carbocycles. The lowest BCUT2D eigenvalue weighted by Gasteiger charge is -2.25. The average Bonchev–Trinajstić information content (AvgIpc) is 2.71. The highest BCUT2D eigenvalue weighted by Gasteiger charge is 2.30. The molecule has 0 saturated heterocycles. The van der Waals surface area contributed by atoms with E-state index < -0.39 is 66.2 Å². The number of primary amides is 1. The number of carbonyl (C=O) groups is 6. The van der Waals surface area contributed by atoms with Crippen LogP contribution in [0.15, 0.2) is 0 Å². The zero-order chi connectivity index (χ0) is 25.7. The zero-order valence-corrected chi connectivity index (χ0v) is 19.5. The van der Waals surface area contributed by atoms with Crippen LogP contribution in [0.5, 0.6) is 0 Å². The van der Waals surface area contributed by atoms with Crippen LogP contribution >= 0.6 is 12.6 Å². The van der Waals surface area contributed by atoms with Crippen molar-refractivity contribution in [3.8, 4) is 0 Å². The third kappa shape index (κ3) is 12.7. The van der Waals surface area contributed by atoms with E-state index in [-0.39, 0.29) is 37.4 Å². The van der Waals surface area contributed by atoms with Crippen LogP contribution in [-0.4, -0.2) is 75.7 Å². The molecule has 0 bridgehead atoms. The van der Waals surface area contributed by atoms with Crippen molar-refractivity contribution in [2.75, 3.05) is 5.75 Å². The van der Waals surface area contributed by atoms with Crippen LogP contribution in [-0.2, 0) is 28.8 Å². The number of carboxylic acids is 2. The number of hydrogen-bond donors (Lipinski definition) is 8. The SMILES string of the molecule is CC(C)CC(NC(=O)C(CCC(N)=O)NC(=O)C(CCC(=O)O)NC(=O)C(N)CS)C(=O)O. The van der Waals surface area contributed by atoms with Crippen LogP contribution in [0.1, 0.15) is 46.0 Å². The number of carbonyl (C=O) groups excluding carboxylic acids is 4. The first kappa shape index (κ1) is 30.1. The molecular formula is C19H33N5O8S. The lowest BCUT2D eigenvalue weighted by Crippen LogP contribution is -2.57. The largest absolute Gasteiger partial charge is 0.481 e. The van der Waals surface area contributed by atoms with Gasteiger partial charge in [-0.1, -0.05) is 13.8 Å². The number of nitrogens with one attached hydrogen (secondary N) is 3. The topological polar surface area (TPSA) is 231 Å². The van der Waals surface area contributed by atoms with Gasteiger partial charge >= 0.3 is 11.9 Å². The van der Waals surface area contributed by atoms with Crippen molar-refractivity contribution in [2.45, 2.75) is 70.1 Å². The van der Waals surface area contributed by atoms with Gasteiger partial charge in [0.05, 0.1) is 6.04 Å². The molecule has 4 amide bonds. The predicted molar refractivity (Wildman–Crippen MR) is 120 cm³/mol. The molecule has 0 saturated carbocycles. The van der Waals surface area contributed by atoms with Gasteiger partial charge in [-0.25, -0.2) is 4.79 Å². The predicted octanol–water partition coefficient (Wildman–Crippen LogP) is -2.04.